The van der Waals surface area contributed by atoms with Gasteiger partial charge in [-0.1, -0.05) is 391 Å². The first-order valence-corrected chi connectivity index (χ1v) is 29.5. The van der Waals surface area contributed by atoms with Crippen molar-refractivity contribution in [3.8, 4) is 0 Å². The molecular formula is C60H132Mn. The van der Waals surface area contributed by atoms with Crippen molar-refractivity contribution in [3.05, 3.63) is 0 Å². The first-order chi connectivity index (χ1) is 29.5. The summed E-state index contributed by atoms with van der Waals surface area (Å²) < 4.78 is 0. The molecule has 0 spiro atoms. The molecular weight excluding hydrogens is 776 g/mol. The Balaban J connectivity index is -0.000000114. The maximum Gasteiger partial charge on any atom is 0 e. The summed E-state index contributed by atoms with van der Waals surface area (Å²) in [6.07, 6.45) is 68.8. The van der Waals surface area contributed by atoms with Crippen LogP contribution < -0.4 is 0 Å². The van der Waals surface area contributed by atoms with Gasteiger partial charge in [0.25, 0.3) is 0 Å². The summed E-state index contributed by atoms with van der Waals surface area (Å²) >= 11 is 0. The van der Waals surface area contributed by atoms with Gasteiger partial charge < -0.3 is 0 Å². The van der Waals surface area contributed by atoms with E-state index in [9.17, 15) is 0 Å². The quantitative estimate of drug-likeness (QED) is 0.0423. The summed E-state index contributed by atoms with van der Waals surface area (Å²) in [5.41, 5.74) is 0. The maximum absolute atomic E-state index is 2.27. The molecule has 0 unspecified atom stereocenters. The second kappa shape index (κ2) is 91.1. The fourth-order valence-corrected chi connectivity index (χ4v) is 7.24. The molecule has 0 N–H and O–H groups in total. The van der Waals surface area contributed by atoms with Crippen molar-refractivity contribution in [1.29, 1.82) is 0 Å². The van der Waals surface area contributed by atoms with Crippen molar-refractivity contribution in [2.24, 2.45) is 0 Å². The van der Waals surface area contributed by atoms with Gasteiger partial charge in [-0.15, -0.1) is 0 Å². The Hall–Kier alpha value is 0.519. The van der Waals surface area contributed by atoms with Crippen molar-refractivity contribution < 1.29 is 17.1 Å². The Kier molecular flexibility index (Phi) is 113. The van der Waals surface area contributed by atoms with E-state index in [1.807, 2.05) is 0 Å². The summed E-state index contributed by atoms with van der Waals surface area (Å²) in [4.78, 5) is 0. The van der Waals surface area contributed by atoms with E-state index in [-0.39, 0.29) is 17.1 Å². The molecule has 0 aromatic heterocycles. The average Bonchev–Trinajstić information content (AvgIpc) is 3.27. The molecule has 0 aliphatic carbocycles. The van der Waals surface area contributed by atoms with Crippen molar-refractivity contribution >= 4 is 0 Å². The third kappa shape index (κ3) is 115. The van der Waals surface area contributed by atoms with Gasteiger partial charge in [0.05, 0.1) is 0 Å². The number of hydrogen-bond acceptors (Lipinski definition) is 0. The van der Waals surface area contributed by atoms with Gasteiger partial charge in [0.15, 0.2) is 0 Å². The van der Waals surface area contributed by atoms with Crippen LogP contribution in [-0.2, 0) is 17.1 Å². The fourth-order valence-electron chi connectivity index (χ4n) is 7.24. The van der Waals surface area contributed by atoms with E-state index in [2.05, 4.69) is 83.1 Å². The van der Waals surface area contributed by atoms with E-state index in [1.54, 1.807) is 0 Å². The smallest absolute Gasteiger partial charge is 0 e. The molecule has 0 bridgehead atoms. The second-order valence-corrected chi connectivity index (χ2v) is 18.7. The molecule has 1 radical (unpaired) electrons. The van der Waals surface area contributed by atoms with Crippen LogP contribution >= 0.6 is 0 Å². The summed E-state index contributed by atoms with van der Waals surface area (Å²) in [6, 6.07) is 0. The molecule has 1 heteroatoms. The van der Waals surface area contributed by atoms with Crippen LogP contribution in [0.15, 0.2) is 0 Å². The molecule has 0 amide bonds. The molecule has 0 aromatic rings. The minimum Gasteiger partial charge on any atom is -0.0654 e. The SMILES string of the molecule is CCCCCCCCCC.CCCCCCCCCC.CCCCCCCCCC.CCCCCCCCCC.CCCCCCCCCC.CCCCCCCCCC.[Mn]. The van der Waals surface area contributed by atoms with Crippen LogP contribution in [0.25, 0.3) is 0 Å². The maximum atomic E-state index is 2.27. The van der Waals surface area contributed by atoms with Crippen LogP contribution in [0.1, 0.15) is 391 Å². The zero-order chi connectivity index (χ0) is 45.9. The van der Waals surface area contributed by atoms with Gasteiger partial charge in [0.2, 0.25) is 0 Å². The normalized spacial score (nSPS) is 10.0. The van der Waals surface area contributed by atoms with Gasteiger partial charge in [-0.25, -0.2) is 0 Å². The first kappa shape index (κ1) is 75.8. The molecule has 379 valence electrons. The zero-order valence-corrected chi connectivity index (χ0v) is 47.5. The molecule has 0 aromatic carbocycles. The van der Waals surface area contributed by atoms with Gasteiger partial charge >= 0.3 is 0 Å². The van der Waals surface area contributed by atoms with Crippen LogP contribution in [0.3, 0.4) is 0 Å². The van der Waals surface area contributed by atoms with Gasteiger partial charge in [0.1, 0.15) is 0 Å². The van der Waals surface area contributed by atoms with E-state index < -0.39 is 0 Å². The van der Waals surface area contributed by atoms with E-state index in [0.717, 1.165) is 0 Å². The van der Waals surface area contributed by atoms with Gasteiger partial charge in [-0.2, -0.15) is 0 Å². The number of hydrogen-bond donors (Lipinski definition) is 0. The van der Waals surface area contributed by atoms with E-state index in [0.29, 0.717) is 0 Å². The first-order valence-electron chi connectivity index (χ1n) is 29.5. The summed E-state index contributed by atoms with van der Waals surface area (Å²) in [6.45, 7) is 27.2. The molecule has 0 aliphatic heterocycles. The Labute approximate surface area is 406 Å². The molecule has 0 heterocycles. The molecule has 0 atom stereocenters. The fraction of sp³-hybridized carbons (Fsp3) is 1.00. The third-order valence-corrected chi connectivity index (χ3v) is 11.7. The predicted octanol–water partition coefficient (Wildman–Crippen LogP) is 24.9. The molecule has 0 aliphatic rings. The molecule has 0 saturated heterocycles. The van der Waals surface area contributed by atoms with Crippen molar-refractivity contribution in [1.82, 2.24) is 0 Å². The van der Waals surface area contributed by atoms with Crippen molar-refractivity contribution in [3.63, 3.8) is 0 Å². The minimum absolute atomic E-state index is 0. The molecule has 61 heavy (non-hydrogen) atoms. The van der Waals surface area contributed by atoms with E-state index >= 15 is 0 Å². The number of unbranched alkanes of at least 4 members (excludes halogenated alkanes) is 42. The predicted molar refractivity (Wildman–Crippen MR) is 290 cm³/mol. The van der Waals surface area contributed by atoms with Gasteiger partial charge in [-0.05, 0) is 0 Å². The Morgan fingerprint density at radius 2 is 0.148 bits per heavy atom. The second-order valence-electron chi connectivity index (χ2n) is 18.7. The standard InChI is InChI=1S/6C10H22.Mn/c6*1-3-5-7-9-10-8-6-4-2;/h6*3-10H2,1-2H3;. The minimum atomic E-state index is 0. The van der Waals surface area contributed by atoms with Gasteiger partial charge in [0, 0.05) is 17.1 Å². The van der Waals surface area contributed by atoms with Crippen LogP contribution in [-0.4, -0.2) is 0 Å². The third-order valence-electron chi connectivity index (χ3n) is 11.7. The summed E-state index contributed by atoms with van der Waals surface area (Å²) in [7, 11) is 0. The summed E-state index contributed by atoms with van der Waals surface area (Å²) in [5, 5.41) is 0. The molecule has 0 rings (SSSR count). The average molecular weight is 909 g/mol. The molecule has 0 saturated carbocycles. The van der Waals surface area contributed by atoms with Crippen LogP contribution in [0.4, 0.5) is 0 Å². The van der Waals surface area contributed by atoms with Crippen LogP contribution in [0.2, 0.25) is 0 Å². The molecule has 0 nitrogen and oxygen atoms in total. The topological polar surface area (TPSA) is 0 Å². The number of rotatable bonds is 42. The zero-order valence-electron chi connectivity index (χ0n) is 46.3. The van der Waals surface area contributed by atoms with E-state index in [4.69, 9.17) is 0 Å². The largest absolute Gasteiger partial charge is 0.0654 e. The van der Waals surface area contributed by atoms with Crippen LogP contribution in [0, 0.1) is 0 Å². The Morgan fingerprint density at radius 3 is 0.197 bits per heavy atom. The summed E-state index contributed by atoms with van der Waals surface area (Å²) in [5.74, 6) is 0. The van der Waals surface area contributed by atoms with Crippen LogP contribution in [0.5, 0.6) is 0 Å². The molecule has 0 fully saturated rings. The van der Waals surface area contributed by atoms with Gasteiger partial charge in [-0.3, -0.25) is 0 Å². The van der Waals surface area contributed by atoms with E-state index in [1.165, 1.54) is 308 Å². The van der Waals surface area contributed by atoms with Crippen molar-refractivity contribution in [2.45, 2.75) is 391 Å². The van der Waals surface area contributed by atoms with Crippen molar-refractivity contribution in [2.75, 3.05) is 0 Å². The Morgan fingerprint density at radius 1 is 0.0984 bits per heavy atom. The Bertz CT molecular complexity index is 371. The monoisotopic (exact) mass is 908 g/mol.